The van der Waals surface area contributed by atoms with Gasteiger partial charge in [0.15, 0.2) is 0 Å². The first-order chi connectivity index (χ1) is 10.6. The highest BCUT2D eigenvalue weighted by Crippen LogP contribution is 2.34. The first-order valence-corrected chi connectivity index (χ1v) is 8.31. The lowest BCUT2D eigenvalue weighted by molar-refractivity contribution is -0.130. The Morgan fingerprint density at radius 1 is 1.36 bits per heavy atom. The molecule has 1 aromatic rings. The second kappa shape index (κ2) is 6.01. The van der Waals surface area contributed by atoms with Gasteiger partial charge >= 0.3 is 0 Å². The number of rotatable bonds is 5. The molecule has 2 saturated heterocycles. The second-order valence-electron chi connectivity index (χ2n) is 6.60. The van der Waals surface area contributed by atoms with Gasteiger partial charge in [-0.25, -0.2) is 0 Å². The molecule has 122 valence electrons. The Balaban J connectivity index is 1.58. The van der Waals surface area contributed by atoms with Gasteiger partial charge in [-0.05, 0) is 25.8 Å². The number of carbonyl (C=O) groups is 1. The van der Waals surface area contributed by atoms with E-state index >= 15 is 0 Å². The average Bonchev–Trinajstić information content (AvgIpc) is 3.12. The lowest BCUT2D eigenvalue weighted by Gasteiger charge is -2.25. The largest absolute Gasteiger partial charge is 0.354 e. The zero-order valence-electron chi connectivity index (χ0n) is 13.8. The number of hydrogen-bond donors (Lipinski definition) is 3. The number of aryl methyl sites for hydroxylation is 1. The Hall–Kier alpha value is -1.40. The number of hydrogen-bond acceptors (Lipinski definition) is 4. The molecule has 0 saturated carbocycles. The van der Waals surface area contributed by atoms with E-state index in [2.05, 4.69) is 41.8 Å². The highest BCUT2D eigenvalue weighted by molar-refractivity contribution is 5.84. The van der Waals surface area contributed by atoms with Gasteiger partial charge in [-0.1, -0.05) is 6.92 Å². The van der Waals surface area contributed by atoms with E-state index in [1.54, 1.807) is 0 Å². The normalized spacial score (nSPS) is 27.1. The third-order valence-corrected chi connectivity index (χ3v) is 5.39. The van der Waals surface area contributed by atoms with Crippen LogP contribution in [0.1, 0.15) is 23.9 Å². The molecule has 6 nitrogen and oxygen atoms in total. The topological polar surface area (TPSA) is 71.0 Å². The molecule has 2 aliphatic heterocycles. The maximum atomic E-state index is 12.6. The van der Waals surface area contributed by atoms with Gasteiger partial charge in [-0.3, -0.25) is 9.48 Å². The van der Waals surface area contributed by atoms with Crippen molar-refractivity contribution >= 4 is 5.91 Å². The summed E-state index contributed by atoms with van der Waals surface area (Å²) in [6, 6.07) is 0. The number of amides is 1. The van der Waals surface area contributed by atoms with Crippen LogP contribution in [0.2, 0.25) is 0 Å². The second-order valence-corrected chi connectivity index (χ2v) is 6.60. The van der Waals surface area contributed by atoms with Crippen LogP contribution in [0, 0.1) is 25.2 Å². The van der Waals surface area contributed by atoms with Crippen LogP contribution in [0.15, 0.2) is 0 Å². The molecular formula is C16H27N5O. The summed E-state index contributed by atoms with van der Waals surface area (Å²) >= 11 is 0. The van der Waals surface area contributed by atoms with E-state index in [1.807, 2.05) is 4.68 Å². The highest BCUT2D eigenvalue weighted by Gasteiger charge is 2.51. The Bertz CT molecular complexity index is 555. The summed E-state index contributed by atoms with van der Waals surface area (Å²) in [6.07, 6.45) is 1.01. The van der Waals surface area contributed by atoms with E-state index in [-0.39, 0.29) is 11.3 Å². The van der Waals surface area contributed by atoms with Crippen LogP contribution < -0.4 is 16.0 Å². The van der Waals surface area contributed by atoms with Gasteiger partial charge in [0, 0.05) is 44.3 Å². The van der Waals surface area contributed by atoms with Crippen molar-refractivity contribution in [3.05, 3.63) is 17.0 Å². The third-order valence-electron chi connectivity index (χ3n) is 5.39. The van der Waals surface area contributed by atoms with E-state index in [0.717, 1.165) is 44.8 Å². The van der Waals surface area contributed by atoms with Crippen LogP contribution in [0.5, 0.6) is 0 Å². The Morgan fingerprint density at radius 3 is 2.64 bits per heavy atom. The summed E-state index contributed by atoms with van der Waals surface area (Å²) < 4.78 is 2.02. The lowest BCUT2D eigenvalue weighted by Crippen LogP contribution is -2.47. The molecule has 22 heavy (non-hydrogen) atoms. The predicted octanol–water partition coefficient (Wildman–Crippen LogP) is -0.0125. The minimum atomic E-state index is -0.246. The minimum Gasteiger partial charge on any atom is -0.354 e. The molecule has 0 radical (unpaired) electrons. The molecule has 6 heteroatoms. The number of aromatic nitrogens is 2. The van der Waals surface area contributed by atoms with Gasteiger partial charge in [0.2, 0.25) is 5.91 Å². The third kappa shape index (κ3) is 2.44. The van der Waals surface area contributed by atoms with Crippen molar-refractivity contribution in [2.75, 3.05) is 32.7 Å². The Kier molecular flexibility index (Phi) is 4.23. The van der Waals surface area contributed by atoms with Gasteiger partial charge in [0.1, 0.15) is 0 Å². The molecule has 0 atom stereocenters. The molecule has 3 rings (SSSR count). The molecule has 2 aliphatic rings. The van der Waals surface area contributed by atoms with Crippen molar-refractivity contribution in [2.45, 2.75) is 33.7 Å². The van der Waals surface area contributed by atoms with Crippen LogP contribution in [-0.2, 0) is 17.8 Å². The smallest absolute Gasteiger partial charge is 0.229 e. The summed E-state index contributed by atoms with van der Waals surface area (Å²) in [6.45, 7) is 11.2. The minimum absolute atomic E-state index is 0.185. The van der Waals surface area contributed by atoms with Gasteiger partial charge in [-0.2, -0.15) is 5.10 Å². The Labute approximate surface area is 132 Å². The predicted molar refractivity (Wildman–Crippen MR) is 85.8 cm³/mol. The van der Waals surface area contributed by atoms with Crippen molar-refractivity contribution in [3.8, 4) is 0 Å². The molecule has 1 amide bonds. The standard InChI is InChI=1S/C16H27N5O/c1-4-14-11(2)20-21(12(14)3)6-5-19-15(22)16-9-17-7-13(16)8-18-10-16/h13,17-18H,4-10H2,1-3H3,(H,19,22). The molecule has 1 aromatic heterocycles. The van der Waals surface area contributed by atoms with Crippen molar-refractivity contribution in [2.24, 2.45) is 11.3 Å². The van der Waals surface area contributed by atoms with Crippen molar-refractivity contribution < 1.29 is 4.79 Å². The van der Waals surface area contributed by atoms with Gasteiger partial charge in [0.05, 0.1) is 17.7 Å². The SMILES string of the molecule is CCc1c(C)nn(CCNC(=O)C23CNCC2CNC3)c1C. The summed E-state index contributed by atoms with van der Waals surface area (Å²) in [7, 11) is 0. The van der Waals surface area contributed by atoms with Crippen molar-refractivity contribution in [3.63, 3.8) is 0 Å². The number of nitrogens with zero attached hydrogens (tertiary/aromatic N) is 2. The molecule has 0 spiro atoms. The van der Waals surface area contributed by atoms with Crippen LogP contribution in [0.3, 0.4) is 0 Å². The average molecular weight is 305 g/mol. The first kappa shape index (κ1) is 15.5. The number of nitrogens with one attached hydrogen (secondary N) is 3. The number of fused-ring (bicyclic) bond motifs is 1. The van der Waals surface area contributed by atoms with Crippen LogP contribution in [-0.4, -0.2) is 48.4 Å². The van der Waals surface area contributed by atoms with E-state index in [4.69, 9.17) is 0 Å². The molecule has 0 aromatic carbocycles. The zero-order chi connectivity index (χ0) is 15.7. The fourth-order valence-electron chi connectivity index (χ4n) is 4.01. The molecule has 0 bridgehead atoms. The lowest BCUT2D eigenvalue weighted by atomic mass is 9.80. The summed E-state index contributed by atoms with van der Waals surface area (Å²) in [5.41, 5.74) is 3.40. The molecule has 0 aliphatic carbocycles. The fourth-order valence-corrected chi connectivity index (χ4v) is 4.01. The van der Waals surface area contributed by atoms with Crippen LogP contribution in [0.25, 0.3) is 0 Å². The van der Waals surface area contributed by atoms with Crippen LogP contribution in [0.4, 0.5) is 0 Å². The van der Waals surface area contributed by atoms with Crippen molar-refractivity contribution in [1.82, 2.24) is 25.7 Å². The van der Waals surface area contributed by atoms with Gasteiger partial charge in [0.25, 0.3) is 0 Å². The highest BCUT2D eigenvalue weighted by atomic mass is 16.2. The van der Waals surface area contributed by atoms with Crippen molar-refractivity contribution in [1.29, 1.82) is 0 Å². The molecule has 2 fully saturated rings. The molecule has 3 heterocycles. The zero-order valence-corrected chi connectivity index (χ0v) is 13.8. The molecule has 0 unspecified atom stereocenters. The number of carbonyl (C=O) groups excluding carboxylic acids is 1. The summed E-state index contributed by atoms with van der Waals surface area (Å²) in [4.78, 5) is 12.6. The maximum Gasteiger partial charge on any atom is 0.229 e. The first-order valence-electron chi connectivity index (χ1n) is 8.31. The quantitative estimate of drug-likeness (QED) is 0.715. The monoisotopic (exact) mass is 305 g/mol. The maximum absolute atomic E-state index is 12.6. The van der Waals surface area contributed by atoms with Crippen LogP contribution >= 0.6 is 0 Å². The van der Waals surface area contributed by atoms with E-state index in [0.29, 0.717) is 12.5 Å². The fraction of sp³-hybridized carbons (Fsp3) is 0.750. The van der Waals surface area contributed by atoms with E-state index < -0.39 is 0 Å². The molecule has 3 N–H and O–H groups in total. The van der Waals surface area contributed by atoms with E-state index in [9.17, 15) is 4.79 Å². The van der Waals surface area contributed by atoms with E-state index in [1.165, 1.54) is 11.3 Å². The molecular weight excluding hydrogens is 278 g/mol. The Morgan fingerprint density at radius 2 is 2.05 bits per heavy atom. The van der Waals surface area contributed by atoms with Gasteiger partial charge in [-0.15, -0.1) is 0 Å². The summed E-state index contributed by atoms with van der Waals surface area (Å²) in [5, 5.41) is 14.4. The van der Waals surface area contributed by atoms with Gasteiger partial charge < -0.3 is 16.0 Å². The summed E-state index contributed by atoms with van der Waals surface area (Å²) in [5.74, 6) is 0.609.